The molecule has 1 saturated heterocycles. The van der Waals surface area contributed by atoms with Crippen molar-refractivity contribution in [3.05, 3.63) is 12.2 Å². The van der Waals surface area contributed by atoms with Gasteiger partial charge in [0, 0.05) is 6.61 Å². The number of allylic oxidation sites excluding steroid dienone is 1. The Morgan fingerprint density at radius 2 is 2.08 bits per heavy atom. The Hall–Kier alpha value is -0.380. The van der Waals surface area contributed by atoms with Gasteiger partial charge >= 0.3 is 0 Å². The first-order valence-electron chi connectivity index (χ1n) is 4.73. The van der Waals surface area contributed by atoms with Crippen LogP contribution in [0.15, 0.2) is 12.2 Å². The van der Waals surface area contributed by atoms with Crippen LogP contribution in [-0.4, -0.2) is 30.7 Å². The van der Waals surface area contributed by atoms with Crippen molar-refractivity contribution in [2.75, 3.05) is 19.8 Å². The van der Waals surface area contributed by atoms with Crippen LogP contribution >= 0.6 is 0 Å². The SMILES string of the molecule is CC(CO)C/C=C/C1(C)OCCO1. The first-order valence-corrected chi connectivity index (χ1v) is 4.73. The second kappa shape index (κ2) is 4.74. The fourth-order valence-corrected chi connectivity index (χ4v) is 1.22. The molecule has 0 aromatic carbocycles. The number of rotatable bonds is 4. The fourth-order valence-electron chi connectivity index (χ4n) is 1.22. The molecule has 0 aliphatic carbocycles. The molecule has 1 fully saturated rings. The summed E-state index contributed by atoms with van der Waals surface area (Å²) in [5, 5.41) is 8.79. The summed E-state index contributed by atoms with van der Waals surface area (Å²) in [6.45, 7) is 5.46. The first-order chi connectivity index (χ1) is 6.16. The minimum atomic E-state index is -0.533. The molecule has 13 heavy (non-hydrogen) atoms. The lowest BCUT2D eigenvalue weighted by Crippen LogP contribution is -2.21. The van der Waals surface area contributed by atoms with Gasteiger partial charge in [-0.15, -0.1) is 0 Å². The molecule has 0 spiro atoms. The Morgan fingerprint density at radius 1 is 1.46 bits per heavy atom. The van der Waals surface area contributed by atoms with Gasteiger partial charge in [-0.3, -0.25) is 0 Å². The average Bonchev–Trinajstić information content (AvgIpc) is 2.52. The zero-order valence-electron chi connectivity index (χ0n) is 8.32. The minimum absolute atomic E-state index is 0.225. The van der Waals surface area contributed by atoms with Crippen LogP contribution in [0.2, 0.25) is 0 Å². The lowest BCUT2D eigenvalue weighted by atomic mass is 10.1. The van der Waals surface area contributed by atoms with E-state index in [9.17, 15) is 0 Å². The van der Waals surface area contributed by atoms with Crippen LogP contribution in [0, 0.1) is 5.92 Å². The van der Waals surface area contributed by atoms with Gasteiger partial charge < -0.3 is 14.6 Å². The molecule has 1 heterocycles. The Labute approximate surface area is 79.3 Å². The van der Waals surface area contributed by atoms with Crippen LogP contribution in [0.5, 0.6) is 0 Å². The monoisotopic (exact) mass is 186 g/mol. The molecule has 3 nitrogen and oxygen atoms in total. The number of ether oxygens (including phenoxy) is 2. The average molecular weight is 186 g/mol. The maximum atomic E-state index is 8.79. The summed E-state index contributed by atoms with van der Waals surface area (Å²) in [5.74, 6) is -0.226. The molecule has 1 aliphatic heterocycles. The number of hydrogen-bond acceptors (Lipinski definition) is 3. The summed E-state index contributed by atoms with van der Waals surface area (Å²) >= 11 is 0. The molecule has 0 aromatic rings. The second-order valence-electron chi connectivity index (χ2n) is 3.64. The molecular formula is C10H18O3. The van der Waals surface area contributed by atoms with Gasteiger partial charge in [0.25, 0.3) is 0 Å². The molecule has 0 amide bonds. The van der Waals surface area contributed by atoms with E-state index in [2.05, 4.69) is 0 Å². The van der Waals surface area contributed by atoms with E-state index < -0.39 is 5.79 Å². The van der Waals surface area contributed by atoms with E-state index >= 15 is 0 Å². The van der Waals surface area contributed by atoms with Crippen molar-refractivity contribution in [1.29, 1.82) is 0 Å². The van der Waals surface area contributed by atoms with Crippen molar-refractivity contribution in [2.24, 2.45) is 5.92 Å². The lowest BCUT2D eigenvalue weighted by Gasteiger charge is -2.17. The van der Waals surface area contributed by atoms with Crippen LogP contribution in [0.4, 0.5) is 0 Å². The van der Waals surface area contributed by atoms with E-state index in [1.54, 1.807) is 0 Å². The van der Waals surface area contributed by atoms with Crippen LogP contribution in [0.1, 0.15) is 20.3 Å². The van der Waals surface area contributed by atoms with Crippen LogP contribution in [0.3, 0.4) is 0 Å². The quantitative estimate of drug-likeness (QED) is 0.673. The van der Waals surface area contributed by atoms with E-state index in [4.69, 9.17) is 14.6 Å². The molecule has 0 radical (unpaired) electrons. The maximum Gasteiger partial charge on any atom is 0.185 e. The van der Waals surface area contributed by atoms with Crippen LogP contribution in [-0.2, 0) is 9.47 Å². The third-order valence-corrected chi connectivity index (χ3v) is 2.13. The summed E-state index contributed by atoms with van der Waals surface area (Å²) < 4.78 is 10.8. The highest BCUT2D eigenvalue weighted by Gasteiger charge is 2.27. The van der Waals surface area contributed by atoms with Crippen molar-refractivity contribution >= 4 is 0 Å². The molecule has 1 aliphatic rings. The topological polar surface area (TPSA) is 38.7 Å². The van der Waals surface area contributed by atoms with Gasteiger partial charge in [0.15, 0.2) is 5.79 Å². The molecule has 1 rings (SSSR count). The van der Waals surface area contributed by atoms with Gasteiger partial charge in [-0.25, -0.2) is 0 Å². The summed E-state index contributed by atoms with van der Waals surface area (Å²) in [7, 11) is 0. The standard InChI is InChI=1S/C10H18O3/c1-9(8-11)4-3-5-10(2)12-6-7-13-10/h3,5,9,11H,4,6-8H2,1-2H3/b5-3+. The van der Waals surface area contributed by atoms with E-state index in [1.165, 1.54) is 0 Å². The van der Waals surface area contributed by atoms with Crippen molar-refractivity contribution in [3.8, 4) is 0 Å². The van der Waals surface area contributed by atoms with E-state index in [-0.39, 0.29) is 6.61 Å². The number of aliphatic hydroxyl groups is 1. The molecule has 0 aromatic heterocycles. The van der Waals surface area contributed by atoms with Gasteiger partial charge in [-0.1, -0.05) is 13.0 Å². The normalized spacial score (nSPS) is 23.9. The molecule has 1 N–H and O–H groups in total. The summed E-state index contributed by atoms with van der Waals surface area (Å²) in [5.41, 5.74) is 0. The van der Waals surface area contributed by atoms with Gasteiger partial charge in [0.2, 0.25) is 0 Å². The summed E-state index contributed by atoms with van der Waals surface area (Å²) in [4.78, 5) is 0. The largest absolute Gasteiger partial charge is 0.396 e. The van der Waals surface area contributed by atoms with Gasteiger partial charge in [-0.2, -0.15) is 0 Å². The third-order valence-electron chi connectivity index (χ3n) is 2.13. The zero-order valence-corrected chi connectivity index (χ0v) is 8.32. The van der Waals surface area contributed by atoms with Crippen molar-refractivity contribution < 1.29 is 14.6 Å². The third kappa shape index (κ3) is 3.46. The van der Waals surface area contributed by atoms with Crippen molar-refractivity contribution in [3.63, 3.8) is 0 Å². The Kier molecular flexibility index (Phi) is 3.90. The summed E-state index contributed by atoms with van der Waals surface area (Å²) in [6.07, 6.45) is 4.79. The molecule has 76 valence electrons. The predicted molar refractivity (Wildman–Crippen MR) is 50.3 cm³/mol. The fraction of sp³-hybridized carbons (Fsp3) is 0.800. The second-order valence-corrected chi connectivity index (χ2v) is 3.64. The smallest absolute Gasteiger partial charge is 0.185 e. The Morgan fingerprint density at radius 3 is 2.62 bits per heavy atom. The molecule has 0 saturated carbocycles. The van der Waals surface area contributed by atoms with E-state index in [0.29, 0.717) is 19.1 Å². The van der Waals surface area contributed by atoms with E-state index in [0.717, 1.165) is 6.42 Å². The first kappa shape index (κ1) is 10.7. The van der Waals surface area contributed by atoms with Gasteiger partial charge in [0.1, 0.15) is 0 Å². The highest BCUT2D eigenvalue weighted by molar-refractivity contribution is 4.95. The highest BCUT2D eigenvalue weighted by Crippen LogP contribution is 2.20. The van der Waals surface area contributed by atoms with Crippen LogP contribution < -0.4 is 0 Å². The van der Waals surface area contributed by atoms with Crippen molar-refractivity contribution in [2.45, 2.75) is 26.1 Å². The predicted octanol–water partition coefficient (Wildman–Crippen LogP) is 1.32. The molecular weight excluding hydrogens is 168 g/mol. The molecule has 1 unspecified atom stereocenters. The maximum absolute atomic E-state index is 8.79. The molecule has 0 bridgehead atoms. The minimum Gasteiger partial charge on any atom is -0.396 e. The van der Waals surface area contributed by atoms with Gasteiger partial charge in [0.05, 0.1) is 13.2 Å². The van der Waals surface area contributed by atoms with E-state index in [1.807, 2.05) is 26.0 Å². The Balaban J connectivity index is 2.30. The Bertz CT molecular complexity index is 171. The van der Waals surface area contributed by atoms with Crippen molar-refractivity contribution in [1.82, 2.24) is 0 Å². The lowest BCUT2D eigenvalue weighted by molar-refractivity contribution is -0.0998. The number of aliphatic hydroxyl groups excluding tert-OH is 1. The molecule has 3 heteroatoms. The number of hydrogen-bond donors (Lipinski definition) is 1. The highest BCUT2D eigenvalue weighted by atomic mass is 16.7. The molecule has 1 atom stereocenters. The zero-order chi connectivity index (χ0) is 9.73. The van der Waals surface area contributed by atoms with Gasteiger partial charge in [-0.05, 0) is 25.3 Å². The van der Waals surface area contributed by atoms with Crippen LogP contribution in [0.25, 0.3) is 0 Å². The summed E-state index contributed by atoms with van der Waals surface area (Å²) in [6, 6.07) is 0.